The summed E-state index contributed by atoms with van der Waals surface area (Å²) in [4.78, 5) is 0. The molecular formula is C21H25N3O. The fourth-order valence-electron chi connectivity index (χ4n) is 2.76. The van der Waals surface area contributed by atoms with Gasteiger partial charge in [0.25, 0.3) is 0 Å². The number of hydrogen-bond donors (Lipinski definition) is 2. The van der Waals surface area contributed by atoms with E-state index in [-0.39, 0.29) is 11.3 Å². The third kappa shape index (κ3) is 4.09. The average Bonchev–Trinajstić information content (AvgIpc) is 3.07. The van der Waals surface area contributed by atoms with Crippen LogP contribution in [0.3, 0.4) is 0 Å². The Bertz CT molecular complexity index is 818. The lowest BCUT2D eigenvalue weighted by Crippen LogP contribution is -2.14. The molecule has 1 heterocycles. The van der Waals surface area contributed by atoms with Crippen molar-refractivity contribution in [2.24, 2.45) is 5.73 Å². The highest BCUT2D eigenvalue weighted by molar-refractivity contribution is 5.38. The molecule has 0 saturated carbocycles. The molecule has 1 aromatic heterocycles. The topological polar surface area (TPSA) is 63.9 Å². The zero-order valence-electron chi connectivity index (χ0n) is 15.0. The van der Waals surface area contributed by atoms with Crippen LogP contribution < -0.4 is 10.5 Å². The third-order valence-corrected chi connectivity index (χ3v) is 4.22. The van der Waals surface area contributed by atoms with Crippen LogP contribution in [0.4, 0.5) is 0 Å². The van der Waals surface area contributed by atoms with E-state index in [4.69, 9.17) is 10.5 Å². The fraction of sp³-hybridized carbons (Fsp3) is 0.286. The highest BCUT2D eigenvalue weighted by Gasteiger charge is 2.21. The summed E-state index contributed by atoms with van der Waals surface area (Å²) in [5, 5.41) is 7.62. The summed E-state index contributed by atoms with van der Waals surface area (Å²) in [6, 6.07) is 20.0. The summed E-state index contributed by atoms with van der Waals surface area (Å²) in [6.07, 6.45) is 0. The molecule has 1 atom stereocenters. The van der Waals surface area contributed by atoms with Crippen molar-refractivity contribution < 1.29 is 4.74 Å². The molecule has 0 aliphatic heterocycles. The first-order valence-electron chi connectivity index (χ1n) is 8.56. The summed E-state index contributed by atoms with van der Waals surface area (Å²) >= 11 is 0. The molecule has 25 heavy (non-hydrogen) atoms. The van der Waals surface area contributed by atoms with E-state index in [9.17, 15) is 0 Å². The molecule has 4 nitrogen and oxygen atoms in total. The maximum Gasteiger partial charge on any atom is 0.127 e. The summed E-state index contributed by atoms with van der Waals surface area (Å²) in [5.74, 6) is 1.68. The van der Waals surface area contributed by atoms with Gasteiger partial charge >= 0.3 is 0 Å². The van der Waals surface area contributed by atoms with Crippen LogP contribution in [0.2, 0.25) is 0 Å². The normalized spacial score (nSPS) is 12.8. The van der Waals surface area contributed by atoms with Crippen LogP contribution in [0.1, 0.15) is 43.6 Å². The molecule has 130 valence electrons. The molecular weight excluding hydrogens is 310 g/mol. The minimum atomic E-state index is 0.00612. The number of ether oxygens (including phenoxy) is 1. The van der Waals surface area contributed by atoms with E-state index < -0.39 is 0 Å². The second-order valence-corrected chi connectivity index (χ2v) is 7.23. The van der Waals surface area contributed by atoms with Crippen molar-refractivity contribution in [2.75, 3.05) is 6.54 Å². The van der Waals surface area contributed by atoms with Gasteiger partial charge < -0.3 is 10.5 Å². The van der Waals surface area contributed by atoms with Crippen LogP contribution in [-0.2, 0) is 5.41 Å². The first kappa shape index (κ1) is 17.2. The van der Waals surface area contributed by atoms with Gasteiger partial charge in [0.2, 0.25) is 0 Å². The van der Waals surface area contributed by atoms with Crippen LogP contribution in [0, 0.1) is 0 Å². The van der Waals surface area contributed by atoms with E-state index in [1.807, 2.05) is 48.5 Å². The van der Waals surface area contributed by atoms with Crippen molar-refractivity contribution in [1.82, 2.24) is 10.2 Å². The zero-order chi connectivity index (χ0) is 17.9. The van der Waals surface area contributed by atoms with Gasteiger partial charge in [-0.3, -0.25) is 5.10 Å². The Labute approximate surface area is 149 Å². The zero-order valence-corrected chi connectivity index (χ0v) is 15.0. The molecule has 0 spiro atoms. The molecule has 0 aliphatic rings. The van der Waals surface area contributed by atoms with Crippen LogP contribution in [0.25, 0.3) is 0 Å². The lowest BCUT2D eigenvalue weighted by atomic mass is 9.90. The molecule has 3 rings (SSSR count). The van der Waals surface area contributed by atoms with E-state index in [2.05, 4.69) is 43.1 Å². The van der Waals surface area contributed by atoms with E-state index in [1.165, 1.54) is 0 Å². The summed E-state index contributed by atoms with van der Waals surface area (Å²) in [6.45, 7) is 6.96. The van der Waals surface area contributed by atoms with Crippen molar-refractivity contribution in [3.63, 3.8) is 0 Å². The van der Waals surface area contributed by atoms with Crippen molar-refractivity contribution in [3.05, 3.63) is 77.6 Å². The number of nitrogens with two attached hydrogens (primary N) is 1. The Morgan fingerprint density at radius 1 is 1.00 bits per heavy atom. The quantitative estimate of drug-likeness (QED) is 0.717. The first-order chi connectivity index (χ1) is 12.0. The number of H-pyrrole nitrogens is 1. The maximum atomic E-state index is 6.07. The molecule has 1 unspecified atom stereocenters. The van der Waals surface area contributed by atoms with E-state index in [0.717, 1.165) is 28.5 Å². The van der Waals surface area contributed by atoms with Gasteiger partial charge in [-0.25, -0.2) is 0 Å². The van der Waals surface area contributed by atoms with Crippen LogP contribution in [0.15, 0.2) is 60.7 Å². The molecule has 2 aromatic carbocycles. The molecule has 0 saturated heterocycles. The highest BCUT2D eigenvalue weighted by atomic mass is 16.5. The third-order valence-electron chi connectivity index (χ3n) is 4.22. The number of benzene rings is 2. The molecule has 4 heteroatoms. The monoisotopic (exact) mass is 335 g/mol. The Morgan fingerprint density at radius 2 is 1.72 bits per heavy atom. The van der Waals surface area contributed by atoms with E-state index in [0.29, 0.717) is 6.54 Å². The number of rotatable bonds is 5. The van der Waals surface area contributed by atoms with Gasteiger partial charge in [-0.15, -0.1) is 0 Å². The summed E-state index contributed by atoms with van der Waals surface area (Å²) in [5.41, 5.74) is 9.26. The number of aromatic nitrogens is 2. The van der Waals surface area contributed by atoms with Gasteiger partial charge in [-0.05, 0) is 35.9 Å². The predicted molar refractivity (Wildman–Crippen MR) is 101 cm³/mol. The smallest absolute Gasteiger partial charge is 0.127 e. The minimum absolute atomic E-state index is 0.00612. The molecule has 0 fully saturated rings. The molecule has 0 amide bonds. The van der Waals surface area contributed by atoms with Crippen LogP contribution in [0.5, 0.6) is 11.5 Å². The lowest BCUT2D eigenvalue weighted by molar-refractivity contribution is 0.481. The van der Waals surface area contributed by atoms with Crippen LogP contribution in [-0.4, -0.2) is 16.7 Å². The second kappa shape index (κ2) is 7.11. The molecule has 0 bridgehead atoms. The highest BCUT2D eigenvalue weighted by Crippen LogP contribution is 2.30. The molecule has 0 aliphatic carbocycles. The Balaban J connectivity index is 1.86. The van der Waals surface area contributed by atoms with Crippen LogP contribution >= 0.6 is 0 Å². The second-order valence-electron chi connectivity index (χ2n) is 7.23. The van der Waals surface area contributed by atoms with E-state index in [1.54, 1.807) is 0 Å². The maximum absolute atomic E-state index is 6.07. The van der Waals surface area contributed by atoms with Gasteiger partial charge in [-0.1, -0.05) is 51.1 Å². The molecule has 0 radical (unpaired) electrons. The number of hydrogen-bond acceptors (Lipinski definition) is 3. The van der Waals surface area contributed by atoms with Gasteiger partial charge in [-0.2, -0.15) is 5.10 Å². The lowest BCUT2D eigenvalue weighted by Gasteiger charge is -2.16. The minimum Gasteiger partial charge on any atom is -0.457 e. The average molecular weight is 335 g/mol. The van der Waals surface area contributed by atoms with E-state index >= 15 is 0 Å². The van der Waals surface area contributed by atoms with Gasteiger partial charge in [0, 0.05) is 23.6 Å². The van der Waals surface area contributed by atoms with Crippen molar-refractivity contribution in [1.29, 1.82) is 0 Å². The van der Waals surface area contributed by atoms with Gasteiger partial charge in [0.05, 0.1) is 5.69 Å². The Kier molecular flexibility index (Phi) is 4.91. The standard InChI is InChI=1S/C21H25N3O/c1-21(2,3)20-13-19(23-24-20)18(14-22)15-8-7-11-17(12-15)25-16-9-5-4-6-10-16/h4-13,18H,14,22H2,1-3H3,(H,23,24). The molecule has 3 aromatic rings. The predicted octanol–water partition coefficient (Wildman–Crippen LogP) is 4.59. The number of nitrogens with zero attached hydrogens (tertiary/aromatic N) is 1. The summed E-state index contributed by atoms with van der Waals surface area (Å²) < 4.78 is 5.94. The SMILES string of the molecule is CC(C)(C)c1cc(C(CN)c2cccc(Oc3ccccc3)c2)[nH]n1. The Hall–Kier alpha value is -2.59. The first-order valence-corrected chi connectivity index (χ1v) is 8.56. The van der Waals surface area contributed by atoms with Gasteiger partial charge in [0.1, 0.15) is 11.5 Å². The largest absolute Gasteiger partial charge is 0.457 e. The number of aromatic amines is 1. The van der Waals surface area contributed by atoms with Crippen molar-refractivity contribution in [2.45, 2.75) is 32.1 Å². The number of nitrogens with one attached hydrogen (secondary N) is 1. The Morgan fingerprint density at radius 3 is 2.36 bits per heavy atom. The molecule has 3 N–H and O–H groups in total. The van der Waals surface area contributed by atoms with Crippen molar-refractivity contribution >= 4 is 0 Å². The van der Waals surface area contributed by atoms with Crippen molar-refractivity contribution in [3.8, 4) is 11.5 Å². The fourth-order valence-corrected chi connectivity index (χ4v) is 2.76. The number of para-hydroxylation sites is 1. The van der Waals surface area contributed by atoms with Gasteiger partial charge in [0.15, 0.2) is 0 Å². The summed E-state index contributed by atoms with van der Waals surface area (Å²) in [7, 11) is 0.